The third-order valence-electron chi connectivity index (χ3n) is 2.48. The topological polar surface area (TPSA) is 59.2 Å². The molecule has 0 bridgehead atoms. The molecule has 0 atom stereocenters. The Morgan fingerprint density at radius 1 is 1.35 bits per heavy atom. The minimum absolute atomic E-state index is 0.458. The summed E-state index contributed by atoms with van der Waals surface area (Å²) in [6.07, 6.45) is 3.59. The quantitative estimate of drug-likeness (QED) is 0.498. The van der Waals surface area contributed by atoms with Crippen LogP contribution in [-0.4, -0.2) is 24.3 Å². The average molecular weight is 229 g/mol. The first kappa shape index (κ1) is 11.1. The van der Waals surface area contributed by atoms with Crippen LogP contribution < -0.4 is 0 Å². The Labute approximate surface area is 97.9 Å². The van der Waals surface area contributed by atoms with Crippen molar-refractivity contribution < 1.29 is 14.3 Å². The minimum Gasteiger partial charge on any atom is -0.466 e. The number of rotatable bonds is 3. The number of benzene rings is 1. The van der Waals surface area contributed by atoms with Gasteiger partial charge in [0.05, 0.1) is 12.8 Å². The molecule has 86 valence electrons. The summed E-state index contributed by atoms with van der Waals surface area (Å²) in [4.78, 5) is 25.1. The van der Waals surface area contributed by atoms with Crippen molar-refractivity contribution in [2.24, 2.45) is 0 Å². The lowest BCUT2D eigenvalue weighted by Crippen LogP contribution is -1.93. The summed E-state index contributed by atoms with van der Waals surface area (Å²) in [5, 5.41) is 0.840. The Bertz CT molecular complexity index is 596. The van der Waals surface area contributed by atoms with E-state index in [-0.39, 0.29) is 0 Å². The molecular weight excluding hydrogens is 218 g/mol. The summed E-state index contributed by atoms with van der Waals surface area (Å²) in [5.41, 5.74) is 2.01. The highest BCUT2D eigenvalue weighted by atomic mass is 16.5. The maximum Gasteiger partial charge on any atom is 0.330 e. The number of aromatic amines is 1. The molecule has 4 nitrogen and oxygen atoms in total. The molecule has 2 aromatic rings. The van der Waals surface area contributed by atoms with E-state index >= 15 is 0 Å². The number of nitrogens with one attached hydrogen (secondary N) is 1. The largest absolute Gasteiger partial charge is 0.466 e. The SMILES string of the molecule is COC(=O)/C=C/c1[nH]c2ccccc2c1C=O. The molecular formula is C13H11NO3. The smallest absolute Gasteiger partial charge is 0.330 e. The first-order valence-electron chi connectivity index (χ1n) is 5.08. The van der Waals surface area contributed by atoms with Crippen LogP contribution in [-0.2, 0) is 9.53 Å². The van der Waals surface area contributed by atoms with Gasteiger partial charge in [0.15, 0.2) is 6.29 Å². The number of carbonyl (C=O) groups is 2. The molecule has 0 spiro atoms. The summed E-state index contributed by atoms with van der Waals surface area (Å²) in [7, 11) is 1.30. The molecule has 17 heavy (non-hydrogen) atoms. The predicted molar refractivity (Wildman–Crippen MR) is 64.7 cm³/mol. The molecule has 0 unspecified atom stereocenters. The molecule has 0 saturated heterocycles. The lowest BCUT2D eigenvalue weighted by Gasteiger charge is -1.91. The van der Waals surface area contributed by atoms with Crippen LogP contribution in [0.15, 0.2) is 30.3 Å². The predicted octanol–water partition coefficient (Wildman–Crippen LogP) is 2.17. The normalized spacial score (nSPS) is 10.9. The molecule has 0 aliphatic carbocycles. The number of esters is 1. The van der Waals surface area contributed by atoms with Crippen LogP contribution in [0, 0.1) is 0 Å². The molecule has 4 heteroatoms. The van der Waals surface area contributed by atoms with Crippen LogP contribution in [0.3, 0.4) is 0 Å². The second-order valence-corrected chi connectivity index (χ2v) is 3.47. The number of aromatic nitrogens is 1. The van der Waals surface area contributed by atoms with Gasteiger partial charge in [-0.25, -0.2) is 4.79 Å². The van der Waals surface area contributed by atoms with Crippen LogP contribution in [0.4, 0.5) is 0 Å². The number of para-hydroxylation sites is 1. The van der Waals surface area contributed by atoms with Gasteiger partial charge in [0.2, 0.25) is 0 Å². The molecule has 0 saturated carbocycles. The van der Waals surface area contributed by atoms with E-state index in [0.717, 1.165) is 17.2 Å². The molecule has 1 aromatic heterocycles. The van der Waals surface area contributed by atoms with Gasteiger partial charge in [-0.2, -0.15) is 0 Å². The molecule has 0 aliphatic rings. The first-order valence-corrected chi connectivity index (χ1v) is 5.08. The van der Waals surface area contributed by atoms with Gasteiger partial charge in [0.25, 0.3) is 0 Å². The lowest BCUT2D eigenvalue weighted by molar-refractivity contribution is -0.134. The number of methoxy groups -OCH3 is 1. The van der Waals surface area contributed by atoms with Gasteiger partial charge in [0.1, 0.15) is 0 Å². The molecule has 1 N–H and O–H groups in total. The standard InChI is InChI=1S/C13H11NO3/c1-17-13(16)7-6-12-10(8-15)9-4-2-3-5-11(9)14-12/h2-8,14H,1H3/b7-6+. The summed E-state index contributed by atoms with van der Waals surface area (Å²) in [6, 6.07) is 7.46. The molecule has 0 radical (unpaired) electrons. The molecule has 1 aromatic carbocycles. The van der Waals surface area contributed by atoms with Crippen molar-refractivity contribution in [2.45, 2.75) is 0 Å². The van der Waals surface area contributed by atoms with Crippen molar-refractivity contribution in [1.29, 1.82) is 0 Å². The summed E-state index contributed by atoms with van der Waals surface area (Å²) >= 11 is 0. The van der Waals surface area contributed by atoms with Gasteiger partial charge >= 0.3 is 5.97 Å². The second-order valence-electron chi connectivity index (χ2n) is 3.47. The van der Waals surface area contributed by atoms with E-state index in [1.807, 2.05) is 24.3 Å². The van der Waals surface area contributed by atoms with Gasteiger partial charge in [-0.1, -0.05) is 18.2 Å². The highest BCUT2D eigenvalue weighted by molar-refractivity contribution is 6.02. The fourth-order valence-electron chi connectivity index (χ4n) is 1.66. The number of aldehydes is 1. The Morgan fingerprint density at radius 2 is 2.12 bits per heavy atom. The minimum atomic E-state index is -0.458. The third kappa shape index (κ3) is 2.10. The van der Waals surface area contributed by atoms with Crippen LogP contribution in [0.1, 0.15) is 16.1 Å². The summed E-state index contributed by atoms with van der Waals surface area (Å²) < 4.78 is 4.49. The zero-order valence-electron chi connectivity index (χ0n) is 9.27. The number of H-pyrrole nitrogens is 1. The van der Waals surface area contributed by atoms with Crippen molar-refractivity contribution in [3.05, 3.63) is 41.6 Å². The molecule has 0 aliphatic heterocycles. The van der Waals surface area contributed by atoms with Crippen molar-refractivity contribution >= 4 is 29.2 Å². The Balaban J connectivity index is 2.50. The number of fused-ring (bicyclic) bond motifs is 1. The fourth-order valence-corrected chi connectivity index (χ4v) is 1.66. The van der Waals surface area contributed by atoms with Gasteiger partial charge in [0, 0.05) is 22.5 Å². The van der Waals surface area contributed by atoms with Gasteiger partial charge in [-0.05, 0) is 12.1 Å². The Kier molecular flexibility index (Phi) is 3.05. The van der Waals surface area contributed by atoms with Crippen molar-refractivity contribution in [2.75, 3.05) is 7.11 Å². The van der Waals surface area contributed by atoms with Crippen LogP contribution in [0.5, 0.6) is 0 Å². The monoisotopic (exact) mass is 229 g/mol. The Morgan fingerprint density at radius 3 is 2.82 bits per heavy atom. The third-order valence-corrected chi connectivity index (χ3v) is 2.48. The number of hydrogen-bond donors (Lipinski definition) is 1. The van der Waals surface area contributed by atoms with Gasteiger partial charge in [-0.3, -0.25) is 4.79 Å². The molecule has 2 rings (SSSR count). The van der Waals surface area contributed by atoms with E-state index in [0.29, 0.717) is 11.3 Å². The van der Waals surface area contributed by atoms with Crippen molar-refractivity contribution in [3.63, 3.8) is 0 Å². The zero-order chi connectivity index (χ0) is 12.3. The fraction of sp³-hybridized carbons (Fsp3) is 0.0769. The van der Waals surface area contributed by atoms with E-state index < -0.39 is 5.97 Å². The van der Waals surface area contributed by atoms with Crippen molar-refractivity contribution in [3.8, 4) is 0 Å². The maximum atomic E-state index is 11.0. The highest BCUT2D eigenvalue weighted by Crippen LogP contribution is 2.21. The van der Waals surface area contributed by atoms with E-state index in [2.05, 4.69) is 9.72 Å². The van der Waals surface area contributed by atoms with E-state index in [4.69, 9.17) is 0 Å². The number of carbonyl (C=O) groups excluding carboxylic acids is 2. The molecule has 0 amide bonds. The van der Waals surface area contributed by atoms with E-state index in [1.54, 1.807) is 0 Å². The molecule has 0 fully saturated rings. The Hall–Kier alpha value is -2.36. The summed E-state index contributed by atoms with van der Waals surface area (Å²) in [5.74, 6) is -0.458. The number of ether oxygens (including phenoxy) is 1. The van der Waals surface area contributed by atoms with Gasteiger partial charge < -0.3 is 9.72 Å². The highest BCUT2D eigenvalue weighted by Gasteiger charge is 2.07. The summed E-state index contributed by atoms with van der Waals surface area (Å²) in [6.45, 7) is 0. The average Bonchev–Trinajstić information content (AvgIpc) is 2.73. The van der Waals surface area contributed by atoms with E-state index in [1.165, 1.54) is 19.3 Å². The first-order chi connectivity index (χ1) is 8.26. The van der Waals surface area contributed by atoms with E-state index in [9.17, 15) is 9.59 Å². The number of hydrogen-bond acceptors (Lipinski definition) is 3. The molecule has 1 heterocycles. The maximum absolute atomic E-state index is 11.0. The zero-order valence-corrected chi connectivity index (χ0v) is 9.27. The van der Waals surface area contributed by atoms with Crippen LogP contribution in [0.2, 0.25) is 0 Å². The van der Waals surface area contributed by atoms with Crippen LogP contribution in [0.25, 0.3) is 17.0 Å². The van der Waals surface area contributed by atoms with Gasteiger partial charge in [-0.15, -0.1) is 0 Å². The van der Waals surface area contributed by atoms with Crippen LogP contribution >= 0.6 is 0 Å². The van der Waals surface area contributed by atoms with Crippen molar-refractivity contribution in [1.82, 2.24) is 4.98 Å². The lowest BCUT2D eigenvalue weighted by atomic mass is 10.1. The second kappa shape index (κ2) is 4.65.